The SMILES string of the molecule is C/C(=N\OCc1ccc(F)cc1)C(Cc1ccc(OCc2cnn(-c3ccc(Cl)cc3)c2)cc1)C(=O)O. The molecule has 9 heteroatoms. The van der Waals surface area contributed by atoms with Crippen LogP contribution in [0.3, 0.4) is 0 Å². The number of halogens is 2. The fourth-order valence-corrected chi connectivity index (χ4v) is 3.69. The second kappa shape index (κ2) is 12.2. The maximum absolute atomic E-state index is 13.0. The lowest BCUT2D eigenvalue weighted by Gasteiger charge is -2.13. The Morgan fingerprint density at radius 1 is 1.00 bits per heavy atom. The minimum absolute atomic E-state index is 0.120. The maximum Gasteiger partial charge on any atom is 0.312 e. The normalized spacial score (nSPS) is 12.2. The summed E-state index contributed by atoms with van der Waals surface area (Å²) >= 11 is 5.94. The van der Waals surface area contributed by atoms with Crippen molar-refractivity contribution >= 4 is 23.3 Å². The topological polar surface area (TPSA) is 85.9 Å². The van der Waals surface area contributed by atoms with Gasteiger partial charge in [-0.25, -0.2) is 9.07 Å². The second-order valence-electron chi connectivity index (χ2n) is 8.43. The quantitative estimate of drug-likeness (QED) is 0.191. The number of carbonyl (C=O) groups is 1. The first-order chi connectivity index (χ1) is 17.9. The third-order valence-corrected chi connectivity index (χ3v) is 5.90. The van der Waals surface area contributed by atoms with Gasteiger partial charge in [0.05, 0.1) is 17.6 Å². The first kappa shape index (κ1) is 25.9. The average molecular weight is 522 g/mol. The van der Waals surface area contributed by atoms with Gasteiger partial charge in [0.2, 0.25) is 0 Å². The summed E-state index contributed by atoms with van der Waals surface area (Å²) in [6.07, 6.45) is 3.87. The summed E-state index contributed by atoms with van der Waals surface area (Å²) in [6, 6.07) is 20.5. The van der Waals surface area contributed by atoms with Crippen LogP contribution in [0.4, 0.5) is 4.39 Å². The smallest absolute Gasteiger partial charge is 0.312 e. The van der Waals surface area contributed by atoms with Crippen LogP contribution in [0, 0.1) is 11.7 Å². The molecule has 0 saturated carbocycles. The molecule has 3 aromatic carbocycles. The van der Waals surface area contributed by atoms with Crippen LogP contribution in [-0.4, -0.2) is 26.6 Å². The molecule has 1 atom stereocenters. The number of oxime groups is 1. The largest absolute Gasteiger partial charge is 0.489 e. The molecule has 0 fully saturated rings. The highest BCUT2D eigenvalue weighted by atomic mass is 35.5. The predicted molar refractivity (Wildman–Crippen MR) is 138 cm³/mol. The van der Waals surface area contributed by atoms with Crippen molar-refractivity contribution in [3.8, 4) is 11.4 Å². The number of rotatable bonds is 11. The Balaban J connectivity index is 1.30. The molecular weight excluding hydrogens is 497 g/mol. The minimum Gasteiger partial charge on any atom is -0.489 e. The fraction of sp³-hybridized carbons (Fsp3) is 0.179. The molecule has 1 heterocycles. The maximum atomic E-state index is 13.0. The van der Waals surface area contributed by atoms with Crippen LogP contribution in [-0.2, 0) is 29.3 Å². The van der Waals surface area contributed by atoms with E-state index >= 15 is 0 Å². The van der Waals surface area contributed by atoms with Gasteiger partial charge in [-0.15, -0.1) is 0 Å². The number of benzene rings is 3. The van der Waals surface area contributed by atoms with Gasteiger partial charge in [-0.1, -0.05) is 41.0 Å². The van der Waals surface area contributed by atoms with Crippen molar-refractivity contribution in [3.63, 3.8) is 0 Å². The van der Waals surface area contributed by atoms with Crippen LogP contribution < -0.4 is 4.74 Å². The number of ether oxygens (including phenoxy) is 1. The molecule has 0 aliphatic rings. The Labute approximate surface area is 218 Å². The molecule has 4 rings (SSSR count). The van der Waals surface area contributed by atoms with Crippen molar-refractivity contribution in [2.24, 2.45) is 11.1 Å². The van der Waals surface area contributed by atoms with E-state index in [1.807, 2.05) is 30.5 Å². The van der Waals surface area contributed by atoms with Crippen LogP contribution >= 0.6 is 11.6 Å². The third kappa shape index (κ3) is 7.41. The van der Waals surface area contributed by atoms with Crippen LogP contribution in [0.15, 0.2) is 90.3 Å². The van der Waals surface area contributed by atoms with Gasteiger partial charge in [-0.2, -0.15) is 5.10 Å². The predicted octanol–water partition coefficient (Wildman–Crippen LogP) is 6.08. The standard InChI is InChI=1S/C28H25ClFN3O4/c1-19(32-37-18-21-2-8-24(30)9-3-21)27(28(34)35)14-20-4-12-26(13-5-20)36-17-22-15-31-33(16-22)25-10-6-23(29)7-11-25/h2-13,15-16,27H,14,17-18H2,1H3,(H,34,35)/b32-19+. The zero-order valence-electron chi connectivity index (χ0n) is 20.1. The Hall–Kier alpha value is -4.17. The van der Waals surface area contributed by atoms with Gasteiger partial charge in [-0.05, 0) is 73.0 Å². The number of nitrogens with zero attached hydrogens (tertiary/aromatic N) is 3. The lowest BCUT2D eigenvalue weighted by atomic mass is 9.95. The molecule has 0 spiro atoms. The molecular formula is C28H25ClFN3O4. The van der Waals surface area contributed by atoms with Crippen LogP contribution in [0.5, 0.6) is 5.75 Å². The van der Waals surface area contributed by atoms with Crippen molar-refractivity contribution in [1.82, 2.24) is 9.78 Å². The first-order valence-electron chi connectivity index (χ1n) is 11.5. The molecule has 7 nitrogen and oxygen atoms in total. The number of aliphatic carboxylic acids is 1. The lowest BCUT2D eigenvalue weighted by molar-refractivity contribution is -0.139. The van der Waals surface area contributed by atoms with Gasteiger partial charge in [0, 0.05) is 16.8 Å². The summed E-state index contributed by atoms with van der Waals surface area (Å²) in [5, 5.41) is 18.7. The highest BCUT2D eigenvalue weighted by Crippen LogP contribution is 2.19. The van der Waals surface area contributed by atoms with Gasteiger partial charge in [-0.3, -0.25) is 4.79 Å². The van der Waals surface area contributed by atoms with Gasteiger partial charge in [0.15, 0.2) is 0 Å². The van der Waals surface area contributed by atoms with Gasteiger partial charge >= 0.3 is 5.97 Å². The summed E-state index contributed by atoms with van der Waals surface area (Å²) in [5.74, 6) is -1.53. The van der Waals surface area contributed by atoms with Crippen molar-refractivity contribution in [3.05, 3.63) is 113 Å². The monoisotopic (exact) mass is 521 g/mol. The Bertz CT molecular complexity index is 1350. The van der Waals surface area contributed by atoms with Gasteiger partial charge in [0.1, 0.15) is 30.7 Å². The molecule has 190 valence electrons. The number of hydrogen-bond donors (Lipinski definition) is 1. The molecule has 1 unspecified atom stereocenters. The van der Waals surface area contributed by atoms with Crippen molar-refractivity contribution < 1.29 is 23.9 Å². The molecule has 0 saturated heterocycles. The number of hydrogen-bond acceptors (Lipinski definition) is 5. The van der Waals surface area contributed by atoms with E-state index < -0.39 is 11.9 Å². The average Bonchev–Trinajstić information content (AvgIpc) is 3.37. The lowest BCUT2D eigenvalue weighted by Crippen LogP contribution is -2.24. The number of aromatic nitrogens is 2. The Morgan fingerprint density at radius 3 is 2.35 bits per heavy atom. The summed E-state index contributed by atoms with van der Waals surface area (Å²) in [7, 11) is 0. The van der Waals surface area contributed by atoms with E-state index in [0.29, 0.717) is 23.1 Å². The van der Waals surface area contributed by atoms with E-state index in [1.165, 1.54) is 12.1 Å². The second-order valence-corrected chi connectivity index (χ2v) is 8.87. The van der Waals surface area contributed by atoms with E-state index in [2.05, 4.69) is 10.3 Å². The zero-order chi connectivity index (χ0) is 26.2. The van der Waals surface area contributed by atoms with E-state index in [9.17, 15) is 14.3 Å². The molecule has 0 amide bonds. The number of carboxylic acids is 1. The van der Waals surface area contributed by atoms with Gasteiger partial charge in [0.25, 0.3) is 0 Å². The molecule has 0 aliphatic carbocycles. The molecule has 0 radical (unpaired) electrons. The molecule has 0 bridgehead atoms. The molecule has 0 aliphatic heterocycles. The summed E-state index contributed by atoms with van der Waals surface area (Å²) in [6.45, 7) is 2.07. The summed E-state index contributed by atoms with van der Waals surface area (Å²) in [5.41, 5.74) is 3.69. The third-order valence-electron chi connectivity index (χ3n) is 5.65. The van der Waals surface area contributed by atoms with E-state index in [4.69, 9.17) is 21.2 Å². The number of carboxylic acid groups (broad SMARTS) is 1. The van der Waals surface area contributed by atoms with Crippen molar-refractivity contribution in [1.29, 1.82) is 0 Å². The molecule has 4 aromatic rings. The highest BCUT2D eigenvalue weighted by molar-refractivity contribution is 6.30. The van der Waals surface area contributed by atoms with Crippen molar-refractivity contribution in [2.45, 2.75) is 26.6 Å². The fourth-order valence-electron chi connectivity index (χ4n) is 3.56. The van der Waals surface area contributed by atoms with Crippen LogP contribution in [0.1, 0.15) is 23.6 Å². The molecule has 1 aromatic heterocycles. The van der Waals surface area contributed by atoms with Crippen LogP contribution in [0.25, 0.3) is 5.69 Å². The Morgan fingerprint density at radius 2 is 1.68 bits per heavy atom. The van der Waals surface area contributed by atoms with E-state index in [-0.39, 0.29) is 18.8 Å². The first-order valence-corrected chi connectivity index (χ1v) is 11.9. The summed E-state index contributed by atoms with van der Waals surface area (Å²) in [4.78, 5) is 17.1. The minimum atomic E-state index is -0.996. The summed E-state index contributed by atoms with van der Waals surface area (Å²) < 4.78 is 20.6. The van der Waals surface area contributed by atoms with E-state index in [1.54, 1.807) is 54.2 Å². The van der Waals surface area contributed by atoms with Crippen molar-refractivity contribution in [2.75, 3.05) is 0 Å². The van der Waals surface area contributed by atoms with E-state index in [0.717, 1.165) is 22.4 Å². The highest BCUT2D eigenvalue weighted by Gasteiger charge is 2.22. The molecule has 37 heavy (non-hydrogen) atoms. The zero-order valence-corrected chi connectivity index (χ0v) is 20.8. The Kier molecular flexibility index (Phi) is 8.53. The van der Waals surface area contributed by atoms with Crippen LogP contribution in [0.2, 0.25) is 5.02 Å². The van der Waals surface area contributed by atoms with Gasteiger partial charge < -0.3 is 14.7 Å². The molecule has 1 N–H and O–H groups in total.